The number of carbonyl (C=O) groups is 1. The number of amides is 1. The van der Waals surface area contributed by atoms with Crippen LogP contribution in [0.1, 0.15) is 15.9 Å². The van der Waals surface area contributed by atoms with Gasteiger partial charge in [-0.25, -0.2) is 0 Å². The SMILES string of the molecule is Nc1ccc2c(c1)C(=O)N(CCSC(F)(F)F)CC2. The summed E-state index contributed by atoms with van der Waals surface area (Å²) in [5, 5.41) is 0. The predicted molar refractivity (Wildman–Crippen MR) is 69.0 cm³/mol. The Bertz CT molecular complexity index is 490. The molecule has 2 rings (SSSR count). The van der Waals surface area contributed by atoms with E-state index in [-0.39, 0.29) is 30.0 Å². The largest absolute Gasteiger partial charge is 0.441 e. The number of anilines is 1. The summed E-state index contributed by atoms with van der Waals surface area (Å²) >= 11 is -0.105. The zero-order valence-corrected chi connectivity index (χ0v) is 10.9. The number of hydrogen-bond donors (Lipinski definition) is 1. The molecule has 0 unspecified atom stereocenters. The van der Waals surface area contributed by atoms with Crippen LogP contribution in [-0.2, 0) is 6.42 Å². The first-order chi connectivity index (χ1) is 8.87. The van der Waals surface area contributed by atoms with E-state index in [4.69, 9.17) is 5.73 Å². The highest BCUT2D eigenvalue weighted by Crippen LogP contribution is 2.30. The molecule has 0 fully saturated rings. The van der Waals surface area contributed by atoms with Crippen molar-refractivity contribution in [3.05, 3.63) is 29.3 Å². The van der Waals surface area contributed by atoms with Crippen molar-refractivity contribution in [2.24, 2.45) is 0 Å². The summed E-state index contributed by atoms with van der Waals surface area (Å²) in [5.74, 6) is -0.385. The fraction of sp³-hybridized carbons (Fsp3) is 0.417. The molecule has 0 atom stereocenters. The molecule has 1 aromatic rings. The molecule has 1 amide bonds. The van der Waals surface area contributed by atoms with Gasteiger partial charge in [-0.3, -0.25) is 4.79 Å². The molecule has 1 aliphatic heterocycles. The predicted octanol–water partition coefficient (Wildman–Crippen LogP) is 2.52. The van der Waals surface area contributed by atoms with Crippen molar-refractivity contribution in [1.29, 1.82) is 0 Å². The van der Waals surface area contributed by atoms with E-state index in [0.29, 0.717) is 24.2 Å². The van der Waals surface area contributed by atoms with E-state index in [2.05, 4.69) is 0 Å². The number of carbonyl (C=O) groups excluding carboxylic acids is 1. The van der Waals surface area contributed by atoms with Crippen LogP contribution in [0.25, 0.3) is 0 Å². The number of benzene rings is 1. The summed E-state index contributed by atoms with van der Waals surface area (Å²) < 4.78 is 36.1. The van der Waals surface area contributed by atoms with Gasteiger partial charge in [-0.2, -0.15) is 13.2 Å². The number of thioether (sulfide) groups is 1. The number of nitrogens with zero attached hydrogens (tertiary/aromatic N) is 1. The van der Waals surface area contributed by atoms with E-state index in [1.807, 2.05) is 0 Å². The Hall–Kier alpha value is -1.37. The van der Waals surface area contributed by atoms with E-state index < -0.39 is 5.51 Å². The van der Waals surface area contributed by atoms with Crippen molar-refractivity contribution in [1.82, 2.24) is 4.90 Å². The molecule has 0 spiro atoms. The lowest BCUT2D eigenvalue weighted by Gasteiger charge is -2.28. The molecular weight excluding hydrogens is 277 g/mol. The number of fused-ring (bicyclic) bond motifs is 1. The fourth-order valence-corrected chi connectivity index (χ4v) is 2.57. The van der Waals surface area contributed by atoms with Crippen molar-refractivity contribution >= 4 is 23.4 Å². The molecule has 1 aromatic carbocycles. The second-order valence-electron chi connectivity index (χ2n) is 4.25. The third-order valence-electron chi connectivity index (χ3n) is 2.93. The van der Waals surface area contributed by atoms with Crippen molar-refractivity contribution < 1.29 is 18.0 Å². The van der Waals surface area contributed by atoms with E-state index in [1.54, 1.807) is 18.2 Å². The lowest BCUT2D eigenvalue weighted by molar-refractivity contribution is -0.0329. The molecule has 1 heterocycles. The Labute approximate surface area is 112 Å². The molecular formula is C12H13F3N2OS. The van der Waals surface area contributed by atoms with Crippen molar-refractivity contribution in [3.8, 4) is 0 Å². The first-order valence-corrected chi connectivity index (χ1v) is 6.74. The molecule has 0 bridgehead atoms. The van der Waals surface area contributed by atoms with Crippen molar-refractivity contribution in [2.75, 3.05) is 24.6 Å². The average molecular weight is 290 g/mol. The molecule has 0 saturated carbocycles. The van der Waals surface area contributed by atoms with Crippen LogP contribution in [0.2, 0.25) is 0 Å². The molecule has 2 N–H and O–H groups in total. The summed E-state index contributed by atoms with van der Waals surface area (Å²) in [5.41, 5.74) is 3.26. The monoisotopic (exact) mass is 290 g/mol. The van der Waals surface area contributed by atoms with E-state index in [0.717, 1.165) is 5.56 Å². The standard InChI is InChI=1S/C12H13F3N2OS/c13-12(14,15)19-6-5-17-4-3-8-1-2-9(16)7-10(8)11(17)18/h1-2,7H,3-6,16H2. The number of alkyl halides is 3. The normalized spacial score (nSPS) is 15.5. The van der Waals surface area contributed by atoms with Gasteiger partial charge in [0.05, 0.1) is 0 Å². The van der Waals surface area contributed by atoms with Gasteiger partial charge in [0.1, 0.15) is 0 Å². The lowest BCUT2D eigenvalue weighted by Crippen LogP contribution is -2.39. The van der Waals surface area contributed by atoms with Gasteiger partial charge in [0.25, 0.3) is 5.91 Å². The maximum Gasteiger partial charge on any atom is 0.441 e. The molecule has 0 radical (unpaired) electrons. The molecule has 104 valence electrons. The molecule has 0 aromatic heterocycles. The Morgan fingerprint density at radius 1 is 1.37 bits per heavy atom. The highest BCUT2D eigenvalue weighted by molar-refractivity contribution is 8.00. The second kappa shape index (κ2) is 5.32. The van der Waals surface area contributed by atoms with Crippen LogP contribution in [0, 0.1) is 0 Å². The van der Waals surface area contributed by atoms with Crippen LogP contribution in [-0.4, -0.2) is 35.2 Å². The minimum atomic E-state index is -4.25. The lowest BCUT2D eigenvalue weighted by atomic mass is 9.98. The van der Waals surface area contributed by atoms with Crippen molar-refractivity contribution in [3.63, 3.8) is 0 Å². The van der Waals surface area contributed by atoms with Gasteiger partial charge in [0, 0.05) is 30.1 Å². The summed E-state index contributed by atoms with van der Waals surface area (Å²) in [4.78, 5) is 13.5. The van der Waals surface area contributed by atoms with E-state index in [9.17, 15) is 18.0 Å². The van der Waals surface area contributed by atoms with Gasteiger partial charge in [-0.05, 0) is 35.9 Å². The van der Waals surface area contributed by atoms with Crippen molar-refractivity contribution in [2.45, 2.75) is 11.9 Å². The first kappa shape index (κ1) is 14.0. The summed E-state index contributed by atoms with van der Waals surface area (Å²) in [6.45, 7) is 0.547. The summed E-state index contributed by atoms with van der Waals surface area (Å²) in [6, 6.07) is 5.10. The third kappa shape index (κ3) is 3.56. The Kier molecular flexibility index (Phi) is 3.93. The van der Waals surface area contributed by atoms with E-state index in [1.165, 1.54) is 4.90 Å². The topological polar surface area (TPSA) is 46.3 Å². The van der Waals surface area contributed by atoms with Crippen LogP contribution in [0.3, 0.4) is 0 Å². The molecule has 0 aliphatic carbocycles. The van der Waals surface area contributed by atoms with Crippen LogP contribution in [0.5, 0.6) is 0 Å². The van der Waals surface area contributed by atoms with Gasteiger partial charge in [0.2, 0.25) is 0 Å². The van der Waals surface area contributed by atoms with Crippen LogP contribution < -0.4 is 5.73 Å². The number of nitrogen functional groups attached to an aromatic ring is 1. The number of halogens is 3. The third-order valence-corrected chi connectivity index (χ3v) is 3.64. The van der Waals surface area contributed by atoms with Gasteiger partial charge in [-0.1, -0.05) is 6.07 Å². The smallest absolute Gasteiger partial charge is 0.399 e. The molecule has 7 heteroatoms. The molecule has 1 aliphatic rings. The summed E-state index contributed by atoms with van der Waals surface area (Å²) in [6.07, 6.45) is 0.651. The van der Waals surface area contributed by atoms with Gasteiger partial charge in [-0.15, -0.1) is 0 Å². The van der Waals surface area contributed by atoms with Gasteiger partial charge in [0.15, 0.2) is 0 Å². The Balaban J connectivity index is 2.01. The summed E-state index contributed by atoms with van der Waals surface area (Å²) in [7, 11) is 0. The molecule has 0 saturated heterocycles. The van der Waals surface area contributed by atoms with Crippen LogP contribution in [0.15, 0.2) is 18.2 Å². The maximum atomic E-state index is 12.1. The number of hydrogen-bond acceptors (Lipinski definition) is 3. The first-order valence-electron chi connectivity index (χ1n) is 5.75. The fourth-order valence-electron chi connectivity index (χ4n) is 2.02. The zero-order chi connectivity index (χ0) is 14.0. The van der Waals surface area contributed by atoms with E-state index >= 15 is 0 Å². The minimum Gasteiger partial charge on any atom is -0.399 e. The maximum absolute atomic E-state index is 12.1. The number of rotatable bonds is 3. The Morgan fingerprint density at radius 2 is 2.11 bits per heavy atom. The van der Waals surface area contributed by atoms with Gasteiger partial charge >= 0.3 is 5.51 Å². The quantitative estimate of drug-likeness (QED) is 0.870. The van der Waals surface area contributed by atoms with Gasteiger partial charge < -0.3 is 10.6 Å². The zero-order valence-electron chi connectivity index (χ0n) is 10.0. The highest BCUT2D eigenvalue weighted by Gasteiger charge is 2.29. The average Bonchev–Trinajstić information content (AvgIpc) is 2.31. The van der Waals surface area contributed by atoms with Crippen LogP contribution in [0.4, 0.5) is 18.9 Å². The molecule has 19 heavy (non-hydrogen) atoms. The molecule has 3 nitrogen and oxygen atoms in total. The Morgan fingerprint density at radius 3 is 2.79 bits per heavy atom. The van der Waals surface area contributed by atoms with Crippen LogP contribution >= 0.6 is 11.8 Å². The minimum absolute atomic E-state index is 0.0945. The highest BCUT2D eigenvalue weighted by atomic mass is 32.2. The number of nitrogens with two attached hydrogens (primary N) is 1. The second-order valence-corrected chi connectivity index (χ2v) is 5.41.